The molecule has 0 radical (unpaired) electrons. The van der Waals surface area contributed by atoms with Crippen molar-refractivity contribution in [3.63, 3.8) is 0 Å². The fourth-order valence-corrected chi connectivity index (χ4v) is 6.97. The summed E-state index contributed by atoms with van der Waals surface area (Å²) in [5.74, 6) is -5.72. The third-order valence-corrected chi connectivity index (χ3v) is 9.31. The molecule has 0 spiro atoms. The van der Waals surface area contributed by atoms with Gasteiger partial charge >= 0.3 is 12.1 Å². The van der Waals surface area contributed by atoms with E-state index in [1.165, 1.54) is 12.1 Å². The van der Waals surface area contributed by atoms with Gasteiger partial charge in [-0.15, -0.1) is 0 Å². The molecule has 1 heterocycles. The lowest BCUT2D eigenvalue weighted by Gasteiger charge is -2.35. The number of ketones is 1. The third-order valence-electron chi connectivity index (χ3n) is 9.31. The predicted molar refractivity (Wildman–Crippen MR) is 160 cm³/mol. The molecule has 2 aliphatic carbocycles. The molecular weight excluding hydrogens is 605 g/mol. The first-order valence-corrected chi connectivity index (χ1v) is 15.6. The zero-order chi connectivity index (χ0) is 33.1. The number of hydrogen-bond acceptors (Lipinski definition) is 6. The number of hydrogen-bond donors (Lipinski definition) is 5. The lowest BCUT2D eigenvalue weighted by atomic mass is 9.83. The molecule has 0 unspecified atom stereocenters. The zero-order valence-electron chi connectivity index (χ0n) is 25.1. The average Bonchev–Trinajstić information content (AvgIpc) is 3.58. The molecule has 246 valence electrons. The predicted octanol–water partition coefficient (Wildman–Crippen LogP) is 2.62. The van der Waals surface area contributed by atoms with Crippen LogP contribution in [0.5, 0.6) is 0 Å². The van der Waals surface area contributed by atoms with Gasteiger partial charge < -0.3 is 26.4 Å². The molecule has 46 heavy (non-hydrogen) atoms. The van der Waals surface area contributed by atoms with Crippen LogP contribution in [-0.2, 0) is 29.5 Å². The first-order valence-electron chi connectivity index (χ1n) is 15.6. The van der Waals surface area contributed by atoms with E-state index in [0.29, 0.717) is 24.1 Å². The van der Waals surface area contributed by atoms with Crippen LogP contribution in [0.15, 0.2) is 48.5 Å². The number of aliphatic hydroxyl groups is 1. The van der Waals surface area contributed by atoms with Crippen molar-refractivity contribution in [3.8, 4) is 11.1 Å². The Morgan fingerprint density at radius 2 is 1.48 bits per heavy atom. The summed E-state index contributed by atoms with van der Waals surface area (Å²) >= 11 is 0. The van der Waals surface area contributed by atoms with E-state index in [1.54, 1.807) is 36.4 Å². The Balaban J connectivity index is 1.51. The summed E-state index contributed by atoms with van der Waals surface area (Å²) in [7, 11) is 0. The summed E-state index contributed by atoms with van der Waals surface area (Å²) in [4.78, 5) is 65.8. The van der Waals surface area contributed by atoms with Gasteiger partial charge in [-0.1, -0.05) is 80.6 Å². The molecule has 5 rings (SSSR count). The number of carbonyl (C=O) groups excluding carboxylic acids is 5. The van der Waals surface area contributed by atoms with Crippen molar-refractivity contribution in [2.24, 2.45) is 11.8 Å². The third kappa shape index (κ3) is 6.64. The summed E-state index contributed by atoms with van der Waals surface area (Å²) in [6, 6.07) is 10.1. The van der Waals surface area contributed by atoms with Crippen LogP contribution in [0.2, 0.25) is 0 Å². The van der Waals surface area contributed by atoms with Gasteiger partial charge in [-0.25, -0.2) is 0 Å². The Morgan fingerprint density at radius 1 is 0.870 bits per heavy atom. The molecule has 4 amide bonds. The standard InChI is InChI=1S/C33H37F3N4O6/c34-33(35,36)31(46)40-32(23-12-6-4-10-21(23)22-11-5-7-13-24(22)32)30(45)39-26(16-19-8-2-1-3-9-19)29(44)38-25(27(42)18-41)17-20-14-15-37-28(20)43/h4-7,10-13,19-20,25-26,41H,1-3,8-9,14-18H2,(H,37,43)(H,38,44)(H,39,45)(H,40,46)/t20-,25-,26+/m0/s1. The average molecular weight is 643 g/mol. The maximum atomic E-state index is 14.5. The second-order valence-corrected chi connectivity index (χ2v) is 12.3. The Hall–Kier alpha value is -4.26. The molecule has 2 aromatic rings. The summed E-state index contributed by atoms with van der Waals surface area (Å²) in [6.07, 6.45) is -0.457. The molecule has 3 aliphatic rings. The summed E-state index contributed by atoms with van der Waals surface area (Å²) in [5.41, 5.74) is -1.19. The number of aliphatic hydroxyl groups excluding tert-OH is 1. The molecule has 1 saturated heterocycles. The number of benzene rings is 2. The number of rotatable bonds is 11. The minimum absolute atomic E-state index is 0.00118. The van der Waals surface area contributed by atoms with Gasteiger partial charge in [0.25, 0.3) is 5.91 Å². The number of fused-ring (bicyclic) bond motifs is 3. The first-order chi connectivity index (χ1) is 22.0. The first kappa shape index (κ1) is 33.1. The molecule has 5 N–H and O–H groups in total. The van der Waals surface area contributed by atoms with Crippen molar-refractivity contribution < 1.29 is 42.3 Å². The second kappa shape index (κ2) is 13.6. The Morgan fingerprint density at radius 3 is 2.02 bits per heavy atom. The number of carbonyl (C=O) groups is 5. The molecule has 10 nitrogen and oxygen atoms in total. The van der Waals surface area contributed by atoms with Gasteiger partial charge in [-0.3, -0.25) is 24.0 Å². The van der Waals surface area contributed by atoms with Gasteiger partial charge in [0.15, 0.2) is 11.3 Å². The fraction of sp³-hybridized carbons (Fsp3) is 0.485. The largest absolute Gasteiger partial charge is 0.471 e. The van der Waals surface area contributed by atoms with Crippen molar-refractivity contribution in [3.05, 3.63) is 59.7 Å². The van der Waals surface area contributed by atoms with Gasteiger partial charge in [0.1, 0.15) is 12.6 Å². The molecule has 2 aromatic carbocycles. The molecule has 13 heteroatoms. The highest BCUT2D eigenvalue weighted by Gasteiger charge is 2.54. The van der Waals surface area contributed by atoms with Crippen LogP contribution in [0, 0.1) is 11.8 Å². The van der Waals surface area contributed by atoms with Crippen LogP contribution < -0.4 is 21.3 Å². The second-order valence-electron chi connectivity index (χ2n) is 12.3. The van der Waals surface area contributed by atoms with Crippen LogP contribution in [0.1, 0.15) is 62.5 Å². The SMILES string of the molecule is O=C1NCC[C@H]1C[C@H](NC(=O)[C@@H](CC1CCCCC1)NC(=O)C1(NC(=O)C(F)(F)F)c2ccccc2-c2ccccc21)C(=O)CO. The highest BCUT2D eigenvalue weighted by molar-refractivity contribution is 6.05. The monoisotopic (exact) mass is 642 g/mol. The molecule has 2 fully saturated rings. The highest BCUT2D eigenvalue weighted by Crippen LogP contribution is 2.48. The number of nitrogens with one attached hydrogen (secondary N) is 4. The highest BCUT2D eigenvalue weighted by atomic mass is 19.4. The Kier molecular flexibility index (Phi) is 9.80. The van der Waals surface area contributed by atoms with E-state index in [4.69, 9.17) is 0 Å². The summed E-state index contributed by atoms with van der Waals surface area (Å²) in [5, 5.41) is 19.5. The van der Waals surface area contributed by atoms with E-state index in [0.717, 1.165) is 32.1 Å². The minimum atomic E-state index is -5.32. The maximum absolute atomic E-state index is 14.5. The fourth-order valence-electron chi connectivity index (χ4n) is 6.97. The number of alkyl halides is 3. The van der Waals surface area contributed by atoms with E-state index in [9.17, 15) is 42.3 Å². The normalized spacial score (nSPS) is 20.1. The zero-order valence-corrected chi connectivity index (χ0v) is 25.1. The van der Waals surface area contributed by atoms with E-state index < -0.39 is 59.8 Å². The lowest BCUT2D eigenvalue weighted by molar-refractivity contribution is -0.176. The number of halogens is 3. The summed E-state index contributed by atoms with van der Waals surface area (Å²) in [6.45, 7) is -0.481. The summed E-state index contributed by atoms with van der Waals surface area (Å²) < 4.78 is 41.2. The van der Waals surface area contributed by atoms with Crippen LogP contribution in [0.4, 0.5) is 13.2 Å². The van der Waals surface area contributed by atoms with E-state index in [2.05, 4.69) is 16.0 Å². The minimum Gasteiger partial charge on any atom is -0.389 e. The molecule has 0 bridgehead atoms. The van der Waals surface area contributed by atoms with Crippen molar-refractivity contribution in [1.29, 1.82) is 0 Å². The van der Waals surface area contributed by atoms with E-state index in [-0.39, 0.29) is 35.8 Å². The molecule has 0 aromatic heterocycles. The van der Waals surface area contributed by atoms with E-state index >= 15 is 0 Å². The van der Waals surface area contributed by atoms with Crippen molar-refractivity contribution >= 4 is 29.4 Å². The van der Waals surface area contributed by atoms with Gasteiger partial charge in [0.2, 0.25) is 11.8 Å². The molecule has 3 atom stereocenters. The topological polar surface area (TPSA) is 154 Å². The molecule has 1 aliphatic heterocycles. The lowest BCUT2D eigenvalue weighted by Crippen LogP contribution is -2.62. The van der Waals surface area contributed by atoms with Crippen LogP contribution in [0.3, 0.4) is 0 Å². The van der Waals surface area contributed by atoms with Gasteiger partial charge in [0, 0.05) is 12.5 Å². The number of amides is 4. The van der Waals surface area contributed by atoms with Crippen LogP contribution in [-0.4, -0.2) is 65.9 Å². The molecule has 1 saturated carbocycles. The maximum Gasteiger partial charge on any atom is 0.471 e. The van der Waals surface area contributed by atoms with Gasteiger partial charge in [-0.2, -0.15) is 13.2 Å². The van der Waals surface area contributed by atoms with Crippen molar-refractivity contribution in [2.75, 3.05) is 13.2 Å². The number of Topliss-reactive ketones (excluding diaryl/α,β-unsaturated/α-hetero) is 1. The van der Waals surface area contributed by atoms with Gasteiger partial charge in [-0.05, 0) is 47.4 Å². The van der Waals surface area contributed by atoms with Gasteiger partial charge in [0.05, 0.1) is 6.04 Å². The van der Waals surface area contributed by atoms with Crippen LogP contribution in [0.25, 0.3) is 11.1 Å². The quantitative estimate of drug-likeness (QED) is 0.254. The van der Waals surface area contributed by atoms with Crippen molar-refractivity contribution in [2.45, 2.75) is 75.2 Å². The van der Waals surface area contributed by atoms with Crippen LogP contribution >= 0.6 is 0 Å². The Bertz CT molecular complexity index is 1460. The molecular formula is C33H37F3N4O6. The Labute approximate surface area is 263 Å². The smallest absolute Gasteiger partial charge is 0.389 e. The van der Waals surface area contributed by atoms with E-state index in [1.807, 2.05) is 5.32 Å². The van der Waals surface area contributed by atoms with Crippen molar-refractivity contribution in [1.82, 2.24) is 21.3 Å².